The fourth-order valence-electron chi connectivity index (χ4n) is 2.42. The monoisotopic (exact) mass is 348 g/mol. The van der Waals surface area contributed by atoms with Crippen LogP contribution in [0.4, 0.5) is 16.2 Å². The number of nitrogens with one attached hydrogen (secondary N) is 1. The lowest BCUT2D eigenvalue weighted by molar-refractivity contribution is 0.117. The molecule has 1 aliphatic rings. The fraction of sp³-hybridized carbons (Fsp3) is 0.412. The second-order valence-electron chi connectivity index (χ2n) is 5.64. The van der Waals surface area contributed by atoms with Gasteiger partial charge in [0.1, 0.15) is 30.1 Å². The Hall–Kier alpha value is -2.45. The van der Waals surface area contributed by atoms with Crippen molar-refractivity contribution >= 4 is 11.8 Å². The number of rotatable bonds is 7. The van der Waals surface area contributed by atoms with Gasteiger partial charge in [0.05, 0.1) is 13.2 Å². The van der Waals surface area contributed by atoms with Gasteiger partial charge in [0, 0.05) is 31.9 Å². The van der Waals surface area contributed by atoms with Crippen molar-refractivity contribution in [2.24, 2.45) is 0 Å². The summed E-state index contributed by atoms with van der Waals surface area (Å²) in [4.78, 5) is 10.7. The highest BCUT2D eigenvalue weighted by Gasteiger charge is 2.13. The molecule has 0 saturated carbocycles. The summed E-state index contributed by atoms with van der Waals surface area (Å²) < 4.78 is 23.8. The molecule has 0 radical (unpaired) electrons. The molecule has 1 saturated heterocycles. The molecule has 1 aromatic heterocycles. The maximum atomic E-state index is 13.1. The van der Waals surface area contributed by atoms with Crippen LogP contribution in [0, 0.1) is 5.82 Å². The molecular weight excluding hydrogens is 327 g/mol. The van der Waals surface area contributed by atoms with Gasteiger partial charge in [0.25, 0.3) is 0 Å². The zero-order valence-corrected chi connectivity index (χ0v) is 13.8. The topological polar surface area (TPSA) is 79.7 Å². The molecule has 7 nitrogen and oxygen atoms in total. The zero-order valence-electron chi connectivity index (χ0n) is 13.8. The molecule has 8 heteroatoms. The zero-order chi connectivity index (χ0) is 17.5. The van der Waals surface area contributed by atoms with Crippen molar-refractivity contribution in [3.8, 4) is 5.75 Å². The van der Waals surface area contributed by atoms with Crippen molar-refractivity contribution in [3.05, 3.63) is 42.3 Å². The van der Waals surface area contributed by atoms with Gasteiger partial charge in [0.2, 0.25) is 5.95 Å². The number of hydrogen-bond donors (Lipinski definition) is 2. The van der Waals surface area contributed by atoms with Crippen LogP contribution in [0.2, 0.25) is 0 Å². The van der Waals surface area contributed by atoms with E-state index in [9.17, 15) is 9.50 Å². The summed E-state index contributed by atoms with van der Waals surface area (Å²) in [7, 11) is 0. The Kier molecular flexibility index (Phi) is 5.97. The van der Waals surface area contributed by atoms with Crippen LogP contribution >= 0.6 is 0 Å². The first kappa shape index (κ1) is 17.4. The SMILES string of the molecule is OC(CNc1nccc(N2CCOCC2)n1)COc1cccc(F)c1. The van der Waals surface area contributed by atoms with Crippen LogP contribution in [0.1, 0.15) is 0 Å². The highest BCUT2D eigenvalue weighted by Crippen LogP contribution is 2.14. The quantitative estimate of drug-likeness (QED) is 0.781. The number of anilines is 2. The molecule has 3 rings (SSSR count). The number of morpholine rings is 1. The van der Waals surface area contributed by atoms with Gasteiger partial charge in [0.15, 0.2) is 0 Å². The summed E-state index contributed by atoms with van der Waals surface area (Å²) in [6, 6.07) is 7.65. The van der Waals surface area contributed by atoms with E-state index in [-0.39, 0.29) is 19.0 Å². The standard InChI is InChI=1S/C17H21FN4O3/c18-13-2-1-3-15(10-13)25-12-14(23)11-20-17-19-5-4-16(21-17)22-6-8-24-9-7-22/h1-5,10,14,23H,6-9,11-12H2,(H,19,20,21). The minimum atomic E-state index is -0.779. The molecule has 0 aliphatic carbocycles. The molecule has 1 fully saturated rings. The first-order valence-corrected chi connectivity index (χ1v) is 8.17. The normalized spacial score (nSPS) is 15.7. The molecule has 0 amide bonds. The van der Waals surface area contributed by atoms with Crippen molar-refractivity contribution in [3.63, 3.8) is 0 Å². The minimum absolute atomic E-state index is 0.0413. The summed E-state index contributed by atoms with van der Waals surface area (Å²) in [5.41, 5.74) is 0. The largest absolute Gasteiger partial charge is 0.491 e. The summed E-state index contributed by atoms with van der Waals surface area (Å²) in [6.07, 6.45) is 0.898. The lowest BCUT2D eigenvalue weighted by Crippen LogP contribution is -2.37. The Labute approximate surface area is 145 Å². The predicted molar refractivity (Wildman–Crippen MR) is 91.5 cm³/mol. The van der Waals surface area contributed by atoms with E-state index in [2.05, 4.69) is 20.2 Å². The molecule has 2 N–H and O–H groups in total. The molecule has 134 valence electrons. The molecule has 2 heterocycles. The maximum absolute atomic E-state index is 13.1. The van der Waals surface area contributed by atoms with Crippen LogP contribution in [-0.4, -0.2) is 60.6 Å². The Balaban J connectivity index is 1.47. The lowest BCUT2D eigenvalue weighted by Gasteiger charge is -2.27. The van der Waals surface area contributed by atoms with E-state index in [1.807, 2.05) is 6.07 Å². The van der Waals surface area contributed by atoms with E-state index in [0.29, 0.717) is 24.9 Å². The third-order valence-electron chi connectivity index (χ3n) is 3.71. The van der Waals surface area contributed by atoms with Crippen LogP contribution in [-0.2, 0) is 4.74 Å². The number of aromatic nitrogens is 2. The van der Waals surface area contributed by atoms with Gasteiger partial charge < -0.3 is 24.8 Å². The van der Waals surface area contributed by atoms with Gasteiger partial charge in [-0.3, -0.25) is 0 Å². The molecule has 1 atom stereocenters. The van der Waals surface area contributed by atoms with E-state index in [4.69, 9.17) is 9.47 Å². The summed E-state index contributed by atoms with van der Waals surface area (Å²) in [5.74, 6) is 1.27. The smallest absolute Gasteiger partial charge is 0.224 e. The number of halogens is 1. The van der Waals surface area contributed by atoms with Crippen molar-refractivity contribution in [1.29, 1.82) is 0 Å². The lowest BCUT2D eigenvalue weighted by atomic mass is 10.3. The number of benzene rings is 1. The van der Waals surface area contributed by atoms with Crippen LogP contribution in [0.3, 0.4) is 0 Å². The second-order valence-corrected chi connectivity index (χ2v) is 5.64. The van der Waals surface area contributed by atoms with Crippen LogP contribution in [0.5, 0.6) is 5.75 Å². The predicted octanol–water partition coefficient (Wildman–Crippen LogP) is 1.30. The first-order chi connectivity index (χ1) is 12.2. The summed E-state index contributed by atoms with van der Waals surface area (Å²) in [6.45, 7) is 3.22. The van der Waals surface area contributed by atoms with E-state index in [1.54, 1.807) is 18.3 Å². The number of ether oxygens (including phenoxy) is 2. The van der Waals surface area contributed by atoms with E-state index in [0.717, 1.165) is 18.9 Å². The Bertz CT molecular complexity index is 682. The van der Waals surface area contributed by atoms with E-state index in [1.165, 1.54) is 12.1 Å². The minimum Gasteiger partial charge on any atom is -0.491 e. The number of nitrogens with zero attached hydrogens (tertiary/aromatic N) is 3. The molecule has 2 aromatic rings. The molecule has 1 aliphatic heterocycles. The Morgan fingerprint density at radius 2 is 2.16 bits per heavy atom. The van der Waals surface area contributed by atoms with Gasteiger partial charge in [-0.25, -0.2) is 9.37 Å². The van der Waals surface area contributed by atoms with Crippen molar-refractivity contribution in [1.82, 2.24) is 9.97 Å². The van der Waals surface area contributed by atoms with Gasteiger partial charge in [-0.2, -0.15) is 4.98 Å². The van der Waals surface area contributed by atoms with Crippen LogP contribution in [0.25, 0.3) is 0 Å². The summed E-state index contributed by atoms with van der Waals surface area (Å²) >= 11 is 0. The molecule has 25 heavy (non-hydrogen) atoms. The van der Waals surface area contributed by atoms with Crippen LogP contribution in [0.15, 0.2) is 36.5 Å². The molecule has 0 bridgehead atoms. The van der Waals surface area contributed by atoms with Crippen LogP contribution < -0.4 is 15.0 Å². The van der Waals surface area contributed by atoms with Crippen molar-refractivity contribution in [2.75, 3.05) is 49.7 Å². The third kappa shape index (κ3) is 5.27. The number of aliphatic hydroxyl groups is 1. The molecule has 1 aromatic carbocycles. The Morgan fingerprint density at radius 3 is 2.96 bits per heavy atom. The average molecular weight is 348 g/mol. The van der Waals surface area contributed by atoms with Crippen molar-refractivity contribution in [2.45, 2.75) is 6.10 Å². The molecule has 1 unspecified atom stereocenters. The highest BCUT2D eigenvalue weighted by molar-refractivity contribution is 5.42. The average Bonchev–Trinajstić information content (AvgIpc) is 2.66. The number of aliphatic hydroxyl groups excluding tert-OH is 1. The fourth-order valence-corrected chi connectivity index (χ4v) is 2.42. The molecular formula is C17H21FN4O3. The van der Waals surface area contributed by atoms with E-state index >= 15 is 0 Å². The van der Waals surface area contributed by atoms with Gasteiger partial charge >= 0.3 is 0 Å². The van der Waals surface area contributed by atoms with E-state index < -0.39 is 6.10 Å². The van der Waals surface area contributed by atoms with Gasteiger partial charge in [-0.15, -0.1) is 0 Å². The summed E-state index contributed by atoms with van der Waals surface area (Å²) in [5, 5.41) is 13.0. The maximum Gasteiger partial charge on any atom is 0.224 e. The second kappa shape index (κ2) is 8.59. The highest BCUT2D eigenvalue weighted by atomic mass is 19.1. The molecule has 0 spiro atoms. The first-order valence-electron chi connectivity index (χ1n) is 8.17. The van der Waals surface area contributed by atoms with Gasteiger partial charge in [-0.05, 0) is 18.2 Å². The third-order valence-corrected chi connectivity index (χ3v) is 3.71. The Morgan fingerprint density at radius 1 is 1.32 bits per heavy atom. The number of hydrogen-bond acceptors (Lipinski definition) is 7. The van der Waals surface area contributed by atoms with Gasteiger partial charge in [-0.1, -0.05) is 6.07 Å². The van der Waals surface area contributed by atoms with Crippen molar-refractivity contribution < 1.29 is 19.0 Å².